The van der Waals surface area contributed by atoms with Gasteiger partial charge in [0.15, 0.2) is 5.72 Å². The average molecular weight is 261 g/mol. The lowest BCUT2D eigenvalue weighted by atomic mass is 9.65. The smallest absolute Gasteiger partial charge is 0.226 e. The van der Waals surface area contributed by atoms with Gasteiger partial charge in [0.05, 0.1) is 5.69 Å². The van der Waals surface area contributed by atoms with Gasteiger partial charge in [-0.2, -0.15) is 0 Å². The van der Waals surface area contributed by atoms with Crippen molar-refractivity contribution in [3.63, 3.8) is 0 Å². The van der Waals surface area contributed by atoms with Crippen LogP contribution in [0.2, 0.25) is 0 Å². The summed E-state index contributed by atoms with van der Waals surface area (Å²) in [7, 11) is 0. The molecule has 19 heavy (non-hydrogen) atoms. The Hall–Kier alpha value is -1.39. The Labute approximate surface area is 112 Å². The zero-order valence-corrected chi connectivity index (χ0v) is 11.3. The first-order chi connectivity index (χ1) is 8.93. The monoisotopic (exact) mass is 261 g/mol. The van der Waals surface area contributed by atoms with Crippen molar-refractivity contribution in [2.45, 2.75) is 50.4 Å². The number of anilines is 1. The molecule has 4 heteroatoms. The maximum Gasteiger partial charge on any atom is 0.226 e. The van der Waals surface area contributed by atoms with Gasteiger partial charge in [0.1, 0.15) is 6.10 Å². The van der Waals surface area contributed by atoms with Crippen LogP contribution in [0.5, 0.6) is 0 Å². The summed E-state index contributed by atoms with van der Waals surface area (Å²) in [6.45, 7) is 3.37. The number of hydrogen-bond acceptors (Lipinski definition) is 3. The van der Waals surface area contributed by atoms with E-state index in [2.05, 4.69) is 0 Å². The molecule has 0 saturated heterocycles. The molecule has 1 aliphatic heterocycles. The van der Waals surface area contributed by atoms with Crippen LogP contribution in [0.1, 0.15) is 38.7 Å². The molecule has 2 aliphatic rings. The maximum atomic E-state index is 12.0. The van der Waals surface area contributed by atoms with Crippen molar-refractivity contribution in [3.8, 4) is 0 Å². The summed E-state index contributed by atoms with van der Waals surface area (Å²) in [5.74, 6) is -0.236. The lowest BCUT2D eigenvalue weighted by Gasteiger charge is -2.49. The van der Waals surface area contributed by atoms with E-state index < -0.39 is 17.2 Å². The highest BCUT2D eigenvalue weighted by atomic mass is 16.4. The number of aliphatic hydroxyl groups is 2. The Kier molecular flexibility index (Phi) is 2.53. The molecule has 102 valence electrons. The minimum absolute atomic E-state index is 0.236. The van der Waals surface area contributed by atoms with Gasteiger partial charge in [-0.15, -0.1) is 0 Å². The highest BCUT2D eigenvalue weighted by molar-refractivity contribution is 5.96. The minimum Gasteiger partial charge on any atom is -0.388 e. The first-order valence-corrected chi connectivity index (χ1v) is 6.73. The number of hydrogen-bond donors (Lipinski definition) is 2. The fourth-order valence-electron chi connectivity index (χ4n) is 3.86. The predicted octanol–water partition coefficient (Wildman–Crippen LogP) is 1.54. The van der Waals surface area contributed by atoms with Gasteiger partial charge in [-0.05, 0) is 30.9 Å². The molecule has 0 bridgehead atoms. The van der Waals surface area contributed by atoms with Crippen LogP contribution >= 0.6 is 0 Å². The Bertz CT molecular complexity index is 544. The van der Waals surface area contributed by atoms with Crippen molar-refractivity contribution in [3.05, 3.63) is 29.8 Å². The normalized spacial score (nSPS) is 36.8. The number of nitrogens with zero attached hydrogens (tertiary/aromatic N) is 1. The van der Waals surface area contributed by atoms with E-state index in [9.17, 15) is 15.0 Å². The fourth-order valence-corrected chi connectivity index (χ4v) is 3.86. The van der Waals surface area contributed by atoms with Crippen LogP contribution < -0.4 is 4.90 Å². The number of benzene rings is 1. The van der Waals surface area contributed by atoms with Gasteiger partial charge < -0.3 is 10.2 Å². The van der Waals surface area contributed by atoms with Gasteiger partial charge in [0.25, 0.3) is 0 Å². The van der Waals surface area contributed by atoms with E-state index in [-0.39, 0.29) is 5.91 Å². The number of rotatable bonds is 0. The molecule has 1 saturated carbocycles. The second kappa shape index (κ2) is 3.81. The Balaban J connectivity index is 2.29. The number of amides is 1. The molecule has 0 unspecified atom stereocenters. The van der Waals surface area contributed by atoms with Crippen molar-refractivity contribution >= 4 is 11.6 Å². The Morgan fingerprint density at radius 2 is 2.11 bits per heavy atom. The first kappa shape index (κ1) is 12.6. The Morgan fingerprint density at radius 1 is 1.42 bits per heavy atom. The summed E-state index contributed by atoms with van der Waals surface area (Å²) in [6, 6.07) is 7.55. The van der Waals surface area contributed by atoms with E-state index in [1.165, 1.54) is 11.8 Å². The summed E-state index contributed by atoms with van der Waals surface area (Å²) in [4.78, 5) is 13.4. The molecule has 3 rings (SSSR count). The number of carbonyl (C=O) groups is 1. The zero-order chi connectivity index (χ0) is 13.8. The van der Waals surface area contributed by atoms with Crippen LogP contribution in [0.3, 0.4) is 0 Å². The van der Waals surface area contributed by atoms with E-state index in [0.29, 0.717) is 6.42 Å². The standard InChI is InChI=1S/C15H19NO3/c1-10(17)16-12-7-4-3-6-11(12)14(2)9-5-8-13(18)15(14,16)19/h3-4,6-7,13,18-19H,5,8-9H2,1-2H3/t13-,14-,15+/m1/s1. The fraction of sp³-hybridized carbons (Fsp3) is 0.533. The van der Waals surface area contributed by atoms with E-state index >= 15 is 0 Å². The molecule has 1 aliphatic carbocycles. The molecule has 1 heterocycles. The lowest BCUT2D eigenvalue weighted by Crippen LogP contribution is -2.67. The molecule has 0 aromatic heterocycles. The largest absolute Gasteiger partial charge is 0.388 e. The second-order valence-electron chi connectivity index (χ2n) is 5.84. The van der Waals surface area contributed by atoms with Crippen LogP contribution in [-0.2, 0) is 10.2 Å². The van der Waals surface area contributed by atoms with Crippen LogP contribution in [0.15, 0.2) is 24.3 Å². The summed E-state index contributed by atoms with van der Waals surface area (Å²) in [5.41, 5.74) is -0.458. The molecule has 1 fully saturated rings. The number of para-hydroxylation sites is 1. The van der Waals surface area contributed by atoms with Gasteiger partial charge in [-0.1, -0.05) is 25.1 Å². The molecule has 2 N–H and O–H groups in total. The van der Waals surface area contributed by atoms with Gasteiger partial charge >= 0.3 is 0 Å². The van der Waals surface area contributed by atoms with Crippen molar-refractivity contribution in [2.75, 3.05) is 4.90 Å². The molecule has 0 radical (unpaired) electrons. The van der Waals surface area contributed by atoms with Gasteiger partial charge in [-0.3, -0.25) is 9.69 Å². The summed E-state index contributed by atoms with van der Waals surface area (Å²) in [6.07, 6.45) is 1.22. The van der Waals surface area contributed by atoms with Crippen LogP contribution in [0.25, 0.3) is 0 Å². The third-order valence-corrected chi connectivity index (χ3v) is 4.83. The topological polar surface area (TPSA) is 60.8 Å². The van der Waals surface area contributed by atoms with E-state index in [0.717, 1.165) is 24.1 Å². The molecule has 1 aromatic carbocycles. The summed E-state index contributed by atoms with van der Waals surface area (Å²) < 4.78 is 0. The lowest BCUT2D eigenvalue weighted by molar-refractivity contribution is -0.151. The predicted molar refractivity (Wildman–Crippen MR) is 71.8 cm³/mol. The van der Waals surface area contributed by atoms with Crippen LogP contribution in [0.4, 0.5) is 5.69 Å². The molecular weight excluding hydrogens is 242 g/mol. The zero-order valence-electron chi connectivity index (χ0n) is 11.3. The summed E-state index contributed by atoms with van der Waals surface area (Å²) in [5, 5.41) is 21.5. The van der Waals surface area contributed by atoms with E-state index in [4.69, 9.17) is 0 Å². The van der Waals surface area contributed by atoms with Crippen molar-refractivity contribution in [1.82, 2.24) is 0 Å². The van der Waals surface area contributed by atoms with Gasteiger partial charge in [0.2, 0.25) is 5.91 Å². The second-order valence-corrected chi connectivity index (χ2v) is 5.84. The van der Waals surface area contributed by atoms with Crippen LogP contribution in [-0.4, -0.2) is 27.9 Å². The van der Waals surface area contributed by atoms with E-state index in [1.54, 1.807) is 0 Å². The highest BCUT2D eigenvalue weighted by Gasteiger charge is 2.64. The molecule has 3 atom stereocenters. The van der Waals surface area contributed by atoms with Gasteiger partial charge in [-0.25, -0.2) is 0 Å². The van der Waals surface area contributed by atoms with Crippen molar-refractivity contribution < 1.29 is 15.0 Å². The maximum absolute atomic E-state index is 12.0. The van der Waals surface area contributed by atoms with Crippen molar-refractivity contribution in [2.24, 2.45) is 0 Å². The third-order valence-electron chi connectivity index (χ3n) is 4.83. The Morgan fingerprint density at radius 3 is 2.79 bits per heavy atom. The quantitative estimate of drug-likeness (QED) is 0.745. The highest BCUT2D eigenvalue weighted by Crippen LogP contribution is 2.57. The van der Waals surface area contributed by atoms with E-state index in [1.807, 2.05) is 31.2 Å². The van der Waals surface area contributed by atoms with Crippen molar-refractivity contribution in [1.29, 1.82) is 0 Å². The average Bonchev–Trinajstić information content (AvgIpc) is 2.57. The summed E-state index contributed by atoms with van der Waals surface area (Å²) >= 11 is 0. The SMILES string of the molecule is CC(=O)N1c2ccccc2[C@@]2(C)CCC[C@@H](O)[C@@]12O. The molecule has 4 nitrogen and oxygen atoms in total. The number of fused-ring (bicyclic) bond motifs is 3. The molecule has 0 spiro atoms. The molecule has 1 amide bonds. The first-order valence-electron chi connectivity index (χ1n) is 6.73. The molecular formula is C15H19NO3. The molecule has 1 aromatic rings. The number of aliphatic hydroxyl groups excluding tert-OH is 1. The van der Waals surface area contributed by atoms with Crippen LogP contribution in [0, 0.1) is 0 Å². The minimum atomic E-state index is -1.53. The third kappa shape index (κ3) is 1.33. The number of carbonyl (C=O) groups excluding carboxylic acids is 1. The van der Waals surface area contributed by atoms with Gasteiger partial charge in [0, 0.05) is 12.3 Å².